The standard InChI is InChI=1S/C21H12FN3O2S2/c22-14-5-3-13(4-6-14)17-9-7-15(27-17)12-18-20(26)25-21(29-18)23-19(24-25)10-8-16-2-1-11-28-16/h1-12H/b10-8+,18-12-. The van der Waals surface area contributed by atoms with Crippen LogP contribution in [0.15, 0.2) is 63.1 Å². The van der Waals surface area contributed by atoms with Crippen LogP contribution in [0.3, 0.4) is 0 Å². The predicted octanol–water partition coefficient (Wildman–Crippen LogP) is 4.33. The van der Waals surface area contributed by atoms with Gasteiger partial charge in [-0.15, -0.1) is 16.4 Å². The van der Waals surface area contributed by atoms with Gasteiger partial charge >= 0.3 is 0 Å². The Morgan fingerprint density at radius 1 is 1.07 bits per heavy atom. The maximum atomic E-state index is 13.1. The van der Waals surface area contributed by atoms with Gasteiger partial charge < -0.3 is 4.42 Å². The molecule has 0 saturated heterocycles. The van der Waals surface area contributed by atoms with Gasteiger partial charge in [0.2, 0.25) is 4.96 Å². The van der Waals surface area contributed by atoms with E-state index in [0.29, 0.717) is 26.8 Å². The molecule has 0 amide bonds. The lowest BCUT2D eigenvalue weighted by molar-refractivity contribution is 0.571. The van der Waals surface area contributed by atoms with E-state index in [4.69, 9.17) is 4.42 Å². The molecule has 5 nitrogen and oxygen atoms in total. The van der Waals surface area contributed by atoms with Crippen molar-refractivity contribution in [2.24, 2.45) is 0 Å². The van der Waals surface area contributed by atoms with Gasteiger partial charge in [0.05, 0.1) is 0 Å². The van der Waals surface area contributed by atoms with Crippen molar-refractivity contribution >= 4 is 45.9 Å². The Morgan fingerprint density at radius 2 is 1.93 bits per heavy atom. The van der Waals surface area contributed by atoms with Crippen molar-refractivity contribution in [3.05, 3.63) is 91.1 Å². The molecule has 4 aromatic heterocycles. The summed E-state index contributed by atoms with van der Waals surface area (Å²) in [5.41, 5.74) is 0.520. The Balaban J connectivity index is 1.45. The molecule has 142 valence electrons. The van der Waals surface area contributed by atoms with Crippen molar-refractivity contribution in [2.45, 2.75) is 0 Å². The highest BCUT2D eigenvalue weighted by molar-refractivity contribution is 7.15. The van der Waals surface area contributed by atoms with Crippen LogP contribution in [0.4, 0.5) is 4.39 Å². The molecule has 0 saturated carbocycles. The van der Waals surface area contributed by atoms with E-state index in [1.165, 1.54) is 28.0 Å². The summed E-state index contributed by atoms with van der Waals surface area (Å²) >= 11 is 2.87. The van der Waals surface area contributed by atoms with Gasteiger partial charge in [0.15, 0.2) is 5.82 Å². The van der Waals surface area contributed by atoms with Crippen molar-refractivity contribution in [3.63, 3.8) is 0 Å². The minimum absolute atomic E-state index is 0.243. The maximum absolute atomic E-state index is 13.1. The number of halogens is 1. The first-order valence-corrected chi connectivity index (χ1v) is 10.3. The molecule has 1 aromatic carbocycles. The van der Waals surface area contributed by atoms with Crippen molar-refractivity contribution in [2.75, 3.05) is 0 Å². The minimum atomic E-state index is -0.304. The van der Waals surface area contributed by atoms with Gasteiger partial charge in [0.25, 0.3) is 5.56 Å². The summed E-state index contributed by atoms with van der Waals surface area (Å²) in [6, 6.07) is 13.6. The number of hydrogen-bond acceptors (Lipinski definition) is 6. The number of benzene rings is 1. The molecule has 0 aliphatic heterocycles. The Morgan fingerprint density at radius 3 is 2.69 bits per heavy atom. The van der Waals surface area contributed by atoms with Gasteiger partial charge in [0, 0.05) is 16.5 Å². The van der Waals surface area contributed by atoms with Crippen LogP contribution >= 0.6 is 22.7 Å². The molecule has 0 aliphatic carbocycles. The smallest absolute Gasteiger partial charge is 0.291 e. The van der Waals surface area contributed by atoms with Crippen LogP contribution in [0.1, 0.15) is 16.5 Å². The number of aromatic nitrogens is 3. The third kappa shape index (κ3) is 3.55. The van der Waals surface area contributed by atoms with Crippen LogP contribution < -0.4 is 10.1 Å². The zero-order chi connectivity index (χ0) is 19.8. The fourth-order valence-corrected chi connectivity index (χ4v) is 4.30. The third-order valence-electron chi connectivity index (χ3n) is 4.17. The zero-order valence-electron chi connectivity index (χ0n) is 14.8. The van der Waals surface area contributed by atoms with Gasteiger partial charge in [0.1, 0.15) is 21.9 Å². The quantitative estimate of drug-likeness (QED) is 0.433. The summed E-state index contributed by atoms with van der Waals surface area (Å²) in [4.78, 5) is 18.6. The number of hydrogen-bond donors (Lipinski definition) is 0. The molecule has 8 heteroatoms. The summed E-state index contributed by atoms with van der Waals surface area (Å²) in [6.07, 6.45) is 5.37. The molecule has 0 fully saturated rings. The number of furan rings is 1. The van der Waals surface area contributed by atoms with Gasteiger partial charge in [-0.1, -0.05) is 17.4 Å². The van der Waals surface area contributed by atoms with Crippen LogP contribution in [0.25, 0.3) is 34.5 Å². The van der Waals surface area contributed by atoms with Gasteiger partial charge in [-0.3, -0.25) is 4.79 Å². The van der Waals surface area contributed by atoms with Crippen LogP contribution in [-0.2, 0) is 0 Å². The fraction of sp³-hybridized carbons (Fsp3) is 0. The summed E-state index contributed by atoms with van der Waals surface area (Å²) < 4.78 is 20.6. The highest BCUT2D eigenvalue weighted by atomic mass is 32.1. The lowest BCUT2D eigenvalue weighted by Gasteiger charge is -1.95. The number of fused-ring (bicyclic) bond motifs is 1. The first-order valence-electron chi connectivity index (χ1n) is 8.64. The lowest BCUT2D eigenvalue weighted by Crippen LogP contribution is -2.23. The van der Waals surface area contributed by atoms with Gasteiger partial charge in [-0.25, -0.2) is 4.39 Å². The second kappa shape index (κ2) is 7.23. The fourth-order valence-electron chi connectivity index (χ4n) is 2.79. The number of thiazole rings is 1. The Kier molecular flexibility index (Phi) is 4.42. The molecule has 0 unspecified atom stereocenters. The van der Waals surface area contributed by atoms with E-state index in [-0.39, 0.29) is 11.4 Å². The second-order valence-corrected chi connectivity index (χ2v) is 8.13. The monoisotopic (exact) mass is 421 g/mol. The number of nitrogens with zero attached hydrogens (tertiary/aromatic N) is 3. The van der Waals surface area contributed by atoms with E-state index in [0.717, 1.165) is 10.4 Å². The predicted molar refractivity (Wildman–Crippen MR) is 113 cm³/mol. The number of thiophene rings is 1. The molecule has 0 radical (unpaired) electrons. The molecule has 0 atom stereocenters. The van der Waals surface area contributed by atoms with E-state index >= 15 is 0 Å². The van der Waals surface area contributed by atoms with E-state index in [1.807, 2.05) is 23.6 Å². The van der Waals surface area contributed by atoms with E-state index in [2.05, 4.69) is 10.1 Å². The highest BCUT2D eigenvalue weighted by Gasteiger charge is 2.10. The number of rotatable bonds is 4. The molecule has 0 aliphatic rings. The molecule has 5 rings (SSSR count). The van der Waals surface area contributed by atoms with Crippen LogP contribution in [-0.4, -0.2) is 14.6 Å². The van der Waals surface area contributed by atoms with E-state index in [9.17, 15) is 9.18 Å². The third-order valence-corrected chi connectivity index (χ3v) is 5.96. The average Bonchev–Trinajstić information content (AvgIpc) is 3.49. The Hall–Kier alpha value is -3.36. The molecule has 0 spiro atoms. The zero-order valence-corrected chi connectivity index (χ0v) is 16.4. The molecular weight excluding hydrogens is 409 g/mol. The Bertz CT molecular complexity index is 1430. The molecule has 29 heavy (non-hydrogen) atoms. The molecule has 5 aromatic rings. The molecular formula is C21H12FN3O2S2. The first kappa shape index (κ1) is 17.7. The van der Waals surface area contributed by atoms with Gasteiger partial charge in [-0.2, -0.15) is 9.50 Å². The van der Waals surface area contributed by atoms with Gasteiger partial charge in [-0.05, 0) is 60.0 Å². The summed E-state index contributed by atoms with van der Waals surface area (Å²) in [5, 5.41) is 6.26. The maximum Gasteiger partial charge on any atom is 0.291 e. The van der Waals surface area contributed by atoms with Crippen molar-refractivity contribution in [1.29, 1.82) is 0 Å². The first-order chi connectivity index (χ1) is 14.2. The largest absolute Gasteiger partial charge is 0.457 e. The molecule has 0 N–H and O–H groups in total. The van der Waals surface area contributed by atoms with Crippen molar-refractivity contribution < 1.29 is 8.81 Å². The van der Waals surface area contributed by atoms with Crippen LogP contribution in [0, 0.1) is 5.82 Å². The van der Waals surface area contributed by atoms with Crippen molar-refractivity contribution in [3.8, 4) is 11.3 Å². The second-order valence-electron chi connectivity index (χ2n) is 6.14. The average molecular weight is 421 g/mol. The molecule has 4 heterocycles. The highest BCUT2D eigenvalue weighted by Crippen LogP contribution is 2.22. The normalized spacial score (nSPS) is 12.5. The minimum Gasteiger partial charge on any atom is -0.457 e. The summed E-state index contributed by atoms with van der Waals surface area (Å²) in [7, 11) is 0. The SMILES string of the molecule is O=c1/c(=C/c2ccc(-c3ccc(F)cc3)o2)sc2nc(/C=C/c3cccs3)nn12. The lowest BCUT2D eigenvalue weighted by atomic mass is 10.2. The molecule has 0 bridgehead atoms. The summed E-state index contributed by atoms with van der Waals surface area (Å²) in [5.74, 6) is 1.32. The van der Waals surface area contributed by atoms with Crippen LogP contribution in [0.5, 0.6) is 0 Å². The van der Waals surface area contributed by atoms with E-state index < -0.39 is 0 Å². The van der Waals surface area contributed by atoms with E-state index in [1.54, 1.807) is 47.8 Å². The van der Waals surface area contributed by atoms with Crippen molar-refractivity contribution in [1.82, 2.24) is 14.6 Å². The summed E-state index contributed by atoms with van der Waals surface area (Å²) in [6.45, 7) is 0. The topological polar surface area (TPSA) is 60.4 Å². The van der Waals surface area contributed by atoms with Crippen LogP contribution in [0.2, 0.25) is 0 Å². The Labute approximate surface area is 171 Å².